The van der Waals surface area contributed by atoms with Crippen LogP contribution in [0.5, 0.6) is 0 Å². The molecule has 3 amide bonds. The first kappa shape index (κ1) is 19.0. The Morgan fingerprint density at radius 2 is 2.00 bits per heavy atom. The summed E-state index contributed by atoms with van der Waals surface area (Å²) >= 11 is 6.17. The van der Waals surface area contributed by atoms with Crippen molar-refractivity contribution in [3.05, 3.63) is 65.6 Å². The van der Waals surface area contributed by atoms with E-state index >= 15 is 0 Å². The lowest BCUT2D eigenvalue weighted by Crippen LogP contribution is -2.27. The minimum Gasteiger partial charge on any atom is -0.441 e. The summed E-state index contributed by atoms with van der Waals surface area (Å²) in [7, 11) is 0. The molecule has 29 heavy (non-hydrogen) atoms. The molecule has 8 heteroatoms. The van der Waals surface area contributed by atoms with Gasteiger partial charge in [-0.2, -0.15) is 0 Å². The molecule has 3 aromatic rings. The third-order valence-electron chi connectivity index (χ3n) is 4.58. The Labute approximate surface area is 172 Å². The highest BCUT2D eigenvalue weighted by molar-refractivity contribution is 6.33. The zero-order valence-corrected chi connectivity index (χ0v) is 16.3. The second kappa shape index (κ2) is 8.36. The maximum atomic E-state index is 12.2. The number of oxazole rings is 1. The van der Waals surface area contributed by atoms with E-state index in [4.69, 9.17) is 16.0 Å². The molecule has 0 spiro atoms. The van der Waals surface area contributed by atoms with Gasteiger partial charge in [-0.15, -0.1) is 0 Å². The minimum atomic E-state index is -0.144. The minimum absolute atomic E-state index is 0.108. The first-order valence-corrected chi connectivity index (χ1v) is 9.63. The number of carbonyl (C=O) groups excluding carboxylic acids is 2. The van der Waals surface area contributed by atoms with Crippen molar-refractivity contribution in [2.45, 2.75) is 12.8 Å². The zero-order valence-electron chi connectivity index (χ0n) is 15.5. The normalized spacial score (nSPS) is 13.4. The predicted octanol–water partition coefficient (Wildman–Crippen LogP) is 4.10. The fourth-order valence-electron chi connectivity index (χ4n) is 3.10. The highest BCUT2D eigenvalue weighted by atomic mass is 35.5. The van der Waals surface area contributed by atoms with Crippen LogP contribution in [0.25, 0.3) is 11.3 Å². The van der Waals surface area contributed by atoms with E-state index in [9.17, 15) is 9.59 Å². The van der Waals surface area contributed by atoms with Crippen LogP contribution in [0.2, 0.25) is 5.02 Å². The van der Waals surface area contributed by atoms with Gasteiger partial charge in [-0.25, -0.2) is 9.78 Å². The second-order valence-electron chi connectivity index (χ2n) is 6.58. The fourth-order valence-corrected chi connectivity index (χ4v) is 3.33. The number of rotatable bonds is 6. The highest BCUT2D eigenvalue weighted by Gasteiger charge is 2.20. The number of hydrogen-bond donors (Lipinski definition) is 2. The number of aromatic nitrogens is 1. The third-order valence-corrected chi connectivity index (χ3v) is 4.91. The van der Waals surface area contributed by atoms with E-state index in [2.05, 4.69) is 15.6 Å². The van der Waals surface area contributed by atoms with Gasteiger partial charge in [0.25, 0.3) is 0 Å². The molecule has 7 nitrogen and oxygen atoms in total. The largest absolute Gasteiger partial charge is 0.441 e. The monoisotopic (exact) mass is 410 g/mol. The average Bonchev–Trinajstić information content (AvgIpc) is 3.36. The number of amides is 3. The number of hydrogen-bond acceptors (Lipinski definition) is 4. The Morgan fingerprint density at radius 3 is 2.72 bits per heavy atom. The summed E-state index contributed by atoms with van der Waals surface area (Å²) in [5, 5.41) is 6.18. The van der Waals surface area contributed by atoms with E-state index in [0.29, 0.717) is 41.9 Å². The second-order valence-corrected chi connectivity index (χ2v) is 6.98. The summed E-state index contributed by atoms with van der Waals surface area (Å²) in [6.45, 7) is 1.27. The van der Waals surface area contributed by atoms with Gasteiger partial charge in [-0.05, 0) is 36.4 Å². The molecule has 0 radical (unpaired) electrons. The van der Waals surface area contributed by atoms with Gasteiger partial charge in [0, 0.05) is 42.9 Å². The van der Waals surface area contributed by atoms with E-state index < -0.39 is 0 Å². The predicted molar refractivity (Wildman–Crippen MR) is 111 cm³/mol. The Balaban J connectivity index is 1.31. The smallest absolute Gasteiger partial charge is 0.321 e. The van der Waals surface area contributed by atoms with Crippen molar-refractivity contribution in [3.63, 3.8) is 0 Å². The molecule has 2 N–H and O–H groups in total. The molecule has 0 aliphatic carbocycles. The molecule has 0 saturated carbocycles. The molecule has 4 rings (SSSR count). The van der Waals surface area contributed by atoms with Gasteiger partial charge in [-0.3, -0.25) is 9.69 Å². The maximum absolute atomic E-state index is 12.2. The summed E-state index contributed by atoms with van der Waals surface area (Å²) in [5.74, 6) is 0.909. The van der Waals surface area contributed by atoms with Crippen molar-refractivity contribution in [2.24, 2.45) is 0 Å². The lowest BCUT2D eigenvalue weighted by Gasteiger charge is -2.14. The molecule has 1 aliphatic rings. The van der Waals surface area contributed by atoms with E-state index in [1.54, 1.807) is 29.3 Å². The van der Waals surface area contributed by atoms with Gasteiger partial charge >= 0.3 is 6.03 Å². The van der Waals surface area contributed by atoms with Gasteiger partial charge in [0.05, 0.1) is 11.2 Å². The van der Waals surface area contributed by atoms with E-state index in [1.165, 1.54) is 0 Å². The van der Waals surface area contributed by atoms with Crippen molar-refractivity contribution < 1.29 is 14.0 Å². The first-order valence-electron chi connectivity index (χ1n) is 9.25. The van der Waals surface area contributed by atoms with Crippen molar-refractivity contribution in [3.8, 4) is 11.3 Å². The molecule has 1 aromatic heterocycles. The SMILES string of the molecule is O=C(CCc1ncc(-c2ccccc2Cl)o1)Nc1ccc(N2CCNC2=O)cc1. The quantitative estimate of drug-likeness (QED) is 0.640. The van der Waals surface area contributed by atoms with Crippen LogP contribution in [0.4, 0.5) is 16.2 Å². The van der Waals surface area contributed by atoms with Crippen molar-refractivity contribution >= 4 is 34.9 Å². The van der Waals surface area contributed by atoms with Crippen LogP contribution in [0.3, 0.4) is 0 Å². The standard InChI is InChI=1S/C21H19ClN4O3/c22-17-4-2-1-3-16(17)18-13-24-20(29-18)10-9-19(27)25-14-5-7-15(8-6-14)26-12-11-23-21(26)28/h1-8,13H,9-12H2,(H,23,28)(H,25,27). The molecule has 0 atom stereocenters. The number of halogens is 1. The van der Waals surface area contributed by atoms with Gasteiger partial charge in [0.2, 0.25) is 5.91 Å². The summed E-state index contributed by atoms with van der Waals surface area (Å²) < 4.78 is 5.71. The summed E-state index contributed by atoms with van der Waals surface area (Å²) in [6, 6.07) is 14.4. The number of urea groups is 1. The molecule has 1 saturated heterocycles. The molecule has 1 fully saturated rings. The lowest BCUT2D eigenvalue weighted by molar-refractivity contribution is -0.116. The Bertz CT molecular complexity index is 1030. The van der Waals surface area contributed by atoms with E-state index in [1.807, 2.05) is 30.3 Å². The summed E-state index contributed by atoms with van der Waals surface area (Å²) in [6.07, 6.45) is 2.22. The number of carbonyl (C=O) groups is 2. The van der Waals surface area contributed by atoms with E-state index in [0.717, 1.165) is 11.3 Å². The first-order chi connectivity index (χ1) is 14.1. The Kier molecular flexibility index (Phi) is 5.48. The van der Waals surface area contributed by atoms with Crippen LogP contribution >= 0.6 is 11.6 Å². The lowest BCUT2D eigenvalue weighted by atomic mass is 10.2. The van der Waals surface area contributed by atoms with Gasteiger partial charge in [0.15, 0.2) is 11.7 Å². The number of nitrogens with one attached hydrogen (secondary N) is 2. The topological polar surface area (TPSA) is 87.5 Å². The summed E-state index contributed by atoms with van der Waals surface area (Å²) in [5.41, 5.74) is 2.23. The number of benzene rings is 2. The maximum Gasteiger partial charge on any atom is 0.321 e. The van der Waals surface area contributed by atoms with Crippen LogP contribution in [0.1, 0.15) is 12.3 Å². The molecule has 2 heterocycles. The zero-order chi connectivity index (χ0) is 20.2. The number of nitrogens with zero attached hydrogens (tertiary/aromatic N) is 2. The van der Waals surface area contributed by atoms with Gasteiger partial charge in [0.1, 0.15) is 0 Å². The fraction of sp³-hybridized carbons (Fsp3) is 0.190. The molecule has 148 valence electrons. The summed E-state index contributed by atoms with van der Waals surface area (Å²) in [4.78, 5) is 29.8. The van der Waals surface area contributed by atoms with Crippen molar-refractivity contribution in [1.29, 1.82) is 0 Å². The number of anilines is 2. The molecular formula is C21H19ClN4O3. The Morgan fingerprint density at radius 1 is 1.21 bits per heavy atom. The van der Waals surface area contributed by atoms with Crippen LogP contribution in [-0.2, 0) is 11.2 Å². The average molecular weight is 411 g/mol. The molecule has 2 aromatic carbocycles. The van der Waals surface area contributed by atoms with Gasteiger partial charge < -0.3 is 15.1 Å². The van der Waals surface area contributed by atoms with Gasteiger partial charge in [-0.1, -0.05) is 23.7 Å². The molecule has 1 aliphatic heterocycles. The number of aryl methyl sites for hydroxylation is 1. The Hall–Kier alpha value is -3.32. The van der Waals surface area contributed by atoms with Crippen LogP contribution in [0.15, 0.2) is 59.1 Å². The van der Waals surface area contributed by atoms with E-state index in [-0.39, 0.29) is 18.4 Å². The van der Waals surface area contributed by atoms with Crippen LogP contribution < -0.4 is 15.5 Å². The molecule has 0 unspecified atom stereocenters. The van der Waals surface area contributed by atoms with Crippen molar-refractivity contribution in [1.82, 2.24) is 10.3 Å². The third kappa shape index (κ3) is 4.41. The molecule has 0 bridgehead atoms. The van der Waals surface area contributed by atoms with Crippen LogP contribution in [-0.4, -0.2) is 30.0 Å². The van der Waals surface area contributed by atoms with Crippen LogP contribution in [0, 0.1) is 0 Å². The molecular weight excluding hydrogens is 392 g/mol. The van der Waals surface area contributed by atoms with Crippen molar-refractivity contribution in [2.75, 3.05) is 23.3 Å². The highest BCUT2D eigenvalue weighted by Crippen LogP contribution is 2.28.